The zero-order valence-corrected chi connectivity index (χ0v) is 10.5. The van der Waals surface area contributed by atoms with Crippen molar-refractivity contribution in [2.75, 3.05) is 7.11 Å². The summed E-state index contributed by atoms with van der Waals surface area (Å²) in [4.78, 5) is 0. The Morgan fingerprint density at radius 2 is 2.18 bits per heavy atom. The van der Waals surface area contributed by atoms with Crippen LogP contribution in [0.3, 0.4) is 0 Å². The standard InChI is InChI=1S/C13H21FN2O/c1-3-4-5-6-12(16-15)10-7-8-13(17-2)11(14)9-10/h7-9,12,16H,3-6,15H2,1-2H3. The fourth-order valence-corrected chi connectivity index (χ4v) is 1.84. The van der Waals surface area contributed by atoms with E-state index in [1.165, 1.54) is 13.2 Å². The molecule has 4 heteroatoms. The van der Waals surface area contributed by atoms with Crippen molar-refractivity contribution in [3.63, 3.8) is 0 Å². The van der Waals surface area contributed by atoms with Crippen LogP contribution in [0, 0.1) is 5.82 Å². The van der Waals surface area contributed by atoms with Gasteiger partial charge in [-0.2, -0.15) is 0 Å². The van der Waals surface area contributed by atoms with Gasteiger partial charge in [0.2, 0.25) is 0 Å². The van der Waals surface area contributed by atoms with E-state index in [9.17, 15) is 4.39 Å². The quantitative estimate of drug-likeness (QED) is 0.437. The lowest BCUT2D eigenvalue weighted by Crippen LogP contribution is -2.28. The molecular weight excluding hydrogens is 219 g/mol. The molecule has 0 amide bonds. The van der Waals surface area contributed by atoms with Crippen molar-refractivity contribution in [1.29, 1.82) is 0 Å². The highest BCUT2D eigenvalue weighted by molar-refractivity contribution is 5.30. The summed E-state index contributed by atoms with van der Waals surface area (Å²) >= 11 is 0. The Morgan fingerprint density at radius 3 is 2.71 bits per heavy atom. The SMILES string of the molecule is CCCCCC(NN)c1ccc(OC)c(F)c1. The lowest BCUT2D eigenvalue weighted by molar-refractivity contribution is 0.385. The molecule has 0 aliphatic carbocycles. The molecule has 0 saturated carbocycles. The van der Waals surface area contributed by atoms with Gasteiger partial charge in [-0.05, 0) is 24.1 Å². The molecule has 3 nitrogen and oxygen atoms in total. The van der Waals surface area contributed by atoms with E-state index in [1.54, 1.807) is 6.07 Å². The maximum atomic E-state index is 13.5. The van der Waals surface area contributed by atoms with Crippen molar-refractivity contribution < 1.29 is 9.13 Å². The fourth-order valence-electron chi connectivity index (χ4n) is 1.84. The van der Waals surface area contributed by atoms with E-state index in [4.69, 9.17) is 10.6 Å². The van der Waals surface area contributed by atoms with Crippen LogP contribution in [0.25, 0.3) is 0 Å². The van der Waals surface area contributed by atoms with Crippen LogP contribution in [0.2, 0.25) is 0 Å². The molecule has 3 N–H and O–H groups in total. The first kappa shape index (κ1) is 13.9. The van der Waals surface area contributed by atoms with Crippen molar-refractivity contribution in [3.05, 3.63) is 29.6 Å². The average molecular weight is 240 g/mol. The Kier molecular flexibility index (Phi) is 5.94. The number of benzene rings is 1. The van der Waals surface area contributed by atoms with E-state index < -0.39 is 0 Å². The molecule has 1 atom stereocenters. The summed E-state index contributed by atoms with van der Waals surface area (Å²) in [7, 11) is 1.46. The van der Waals surface area contributed by atoms with Gasteiger partial charge in [0.05, 0.1) is 7.11 Å². The van der Waals surface area contributed by atoms with Crippen LogP contribution in [-0.4, -0.2) is 7.11 Å². The number of hydrazine groups is 1. The second-order valence-electron chi connectivity index (χ2n) is 4.11. The summed E-state index contributed by atoms with van der Waals surface area (Å²) in [5.74, 6) is 5.42. The van der Waals surface area contributed by atoms with Crippen molar-refractivity contribution in [2.24, 2.45) is 5.84 Å². The third-order valence-electron chi connectivity index (χ3n) is 2.88. The van der Waals surface area contributed by atoms with E-state index in [0.717, 1.165) is 31.2 Å². The molecule has 0 heterocycles. The first-order valence-corrected chi connectivity index (χ1v) is 6.02. The molecule has 0 aliphatic rings. The maximum absolute atomic E-state index is 13.5. The largest absolute Gasteiger partial charge is 0.494 e. The molecule has 1 rings (SSSR count). The molecule has 96 valence electrons. The average Bonchev–Trinajstić information content (AvgIpc) is 2.35. The first-order chi connectivity index (χ1) is 8.22. The lowest BCUT2D eigenvalue weighted by atomic mass is 10.0. The highest BCUT2D eigenvalue weighted by atomic mass is 19.1. The van der Waals surface area contributed by atoms with Crippen LogP contribution in [0.5, 0.6) is 5.75 Å². The predicted octanol–water partition coefficient (Wildman–Crippen LogP) is 2.92. The summed E-state index contributed by atoms with van der Waals surface area (Å²) in [5, 5.41) is 0. The topological polar surface area (TPSA) is 47.3 Å². The molecule has 17 heavy (non-hydrogen) atoms. The smallest absolute Gasteiger partial charge is 0.165 e. The van der Waals surface area contributed by atoms with Crippen molar-refractivity contribution in [1.82, 2.24) is 5.43 Å². The van der Waals surface area contributed by atoms with Crippen LogP contribution < -0.4 is 16.0 Å². The van der Waals surface area contributed by atoms with Gasteiger partial charge in [-0.15, -0.1) is 0 Å². The summed E-state index contributed by atoms with van der Waals surface area (Å²) < 4.78 is 18.4. The van der Waals surface area contributed by atoms with E-state index in [0.29, 0.717) is 0 Å². The second-order valence-corrected chi connectivity index (χ2v) is 4.11. The van der Waals surface area contributed by atoms with Gasteiger partial charge in [-0.1, -0.05) is 32.3 Å². The van der Waals surface area contributed by atoms with E-state index in [-0.39, 0.29) is 17.6 Å². The molecule has 0 bridgehead atoms. The number of hydrogen-bond donors (Lipinski definition) is 2. The summed E-state index contributed by atoms with van der Waals surface area (Å²) in [5.41, 5.74) is 3.60. The van der Waals surface area contributed by atoms with E-state index in [1.807, 2.05) is 6.07 Å². The molecule has 0 aromatic heterocycles. The van der Waals surface area contributed by atoms with Gasteiger partial charge >= 0.3 is 0 Å². The van der Waals surface area contributed by atoms with Gasteiger partial charge in [0.1, 0.15) is 0 Å². The van der Waals surface area contributed by atoms with Gasteiger partial charge in [-0.25, -0.2) is 4.39 Å². The molecular formula is C13H21FN2O. The third-order valence-corrected chi connectivity index (χ3v) is 2.88. The summed E-state index contributed by atoms with van der Waals surface area (Å²) in [6.45, 7) is 2.15. The fraction of sp³-hybridized carbons (Fsp3) is 0.538. The number of hydrogen-bond acceptors (Lipinski definition) is 3. The molecule has 0 spiro atoms. The van der Waals surface area contributed by atoms with Crippen LogP contribution in [-0.2, 0) is 0 Å². The number of ether oxygens (including phenoxy) is 1. The number of nitrogens with two attached hydrogens (primary N) is 1. The predicted molar refractivity (Wildman–Crippen MR) is 67.2 cm³/mol. The number of methoxy groups -OCH3 is 1. The van der Waals surface area contributed by atoms with Crippen LogP contribution in [0.1, 0.15) is 44.2 Å². The van der Waals surface area contributed by atoms with Crippen LogP contribution >= 0.6 is 0 Å². The van der Waals surface area contributed by atoms with Gasteiger partial charge in [0.25, 0.3) is 0 Å². The Labute approximate surface area is 102 Å². The highest BCUT2D eigenvalue weighted by Gasteiger charge is 2.12. The summed E-state index contributed by atoms with van der Waals surface area (Å²) in [6.07, 6.45) is 4.32. The minimum absolute atomic E-state index is 0.00181. The molecule has 1 unspecified atom stereocenters. The van der Waals surface area contributed by atoms with Gasteiger partial charge in [-0.3, -0.25) is 11.3 Å². The number of halogens is 1. The Hall–Kier alpha value is -1.13. The van der Waals surface area contributed by atoms with Gasteiger partial charge < -0.3 is 4.74 Å². The van der Waals surface area contributed by atoms with Gasteiger partial charge in [0, 0.05) is 6.04 Å². The monoisotopic (exact) mass is 240 g/mol. The van der Waals surface area contributed by atoms with Gasteiger partial charge in [0.15, 0.2) is 11.6 Å². The molecule has 1 aromatic carbocycles. The molecule has 0 aliphatic heterocycles. The Morgan fingerprint density at radius 1 is 1.41 bits per heavy atom. The number of unbranched alkanes of at least 4 members (excludes halogenated alkanes) is 2. The number of nitrogens with one attached hydrogen (secondary N) is 1. The maximum Gasteiger partial charge on any atom is 0.165 e. The minimum atomic E-state index is -0.347. The summed E-state index contributed by atoms with van der Waals surface area (Å²) in [6, 6.07) is 4.96. The number of rotatable bonds is 7. The lowest BCUT2D eigenvalue weighted by Gasteiger charge is -2.16. The molecule has 0 saturated heterocycles. The molecule has 1 aromatic rings. The van der Waals surface area contributed by atoms with Crippen molar-refractivity contribution >= 4 is 0 Å². The van der Waals surface area contributed by atoms with E-state index >= 15 is 0 Å². The Balaban J connectivity index is 2.71. The molecule has 0 radical (unpaired) electrons. The Bertz CT molecular complexity index is 344. The highest BCUT2D eigenvalue weighted by Crippen LogP contribution is 2.24. The van der Waals surface area contributed by atoms with E-state index in [2.05, 4.69) is 12.3 Å². The normalized spacial score (nSPS) is 12.5. The van der Waals surface area contributed by atoms with Crippen LogP contribution in [0.15, 0.2) is 18.2 Å². The van der Waals surface area contributed by atoms with Crippen LogP contribution in [0.4, 0.5) is 4.39 Å². The zero-order valence-electron chi connectivity index (χ0n) is 10.5. The third kappa shape index (κ3) is 3.98. The second kappa shape index (κ2) is 7.25. The van der Waals surface area contributed by atoms with Crippen molar-refractivity contribution in [3.8, 4) is 5.75 Å². The van der Waals surface area contributed by atoms with Crippen molar-refractivity contribution in [2.45, 2.75) is 38.6 Å². The zero-order chi connectivity index (χ0) is 12.7. The molecule has 0 fully saturated rings. The first-order valence-electron chi connectivity index (χ1n) is 6.02. The minimum Gasteiger partial charge on any atom is -0.494 e.